The molecular weight excluding hydrogens is 590 g/mol. The van der Waals surface area contributed by atoms with Crippen molar-refractivity contribution < 1.29 is 9.53 Å². The van der Waals surface area contributed by atoms with Gasteiger partial charge in [-0.25, -0.2) is 9.97 Å². The number of hydrogen-bond acceptors (Lipinski definition) is 7. The Balaban J connectivity index is 1.37. The lowest BCUT2D eigenvalue weighted by Crippen LogP contribution is -2.33. The Hall–Kier alpha value is -6.21. The van der Waals surface area contributed by atoms with Crippen molar-refractivity contribution in [3.63, 3.8) is 0 Å². The van der Waals surface area contributed by atoms with Gasteiger partial charge in [0.15, 0.2) is 11.5 Å². The summed E-state index contributed by atoms with van der Waals surface area (Å²) in [5, 5.41) is 8.47. The van der Waals surface area contributed by atoms with Gasteiger partial charge in [0, 0.05) is 35.8 Å². The third-order valence-corrected chi connectivity index (χ3v) is 7.46. The van der Waals surface area contributed by atoms with E-state index in [2.05, 4.69) is 32.2 Å². The number of nitrogen functional groups attached to an aromatic ring is 1. The van der Waals surface area contributed by atoms with Gasteiger partial charge in [0.25, 0.3) is 11.5 Å². The fourth-order valence-electron chi connectivity index (χ4n) is 5.28. The molecule has 6 rings (SSSR count). The number of nitrogens with one attached hydrogen (secondary N) is 1. The van der Waals surface area contributed by atoms with Gasteiger partial charge in [0.05, 0.1) is 29.4 Å². The predicted molar refractivity (Wildman–Crippen MR) is 182 cm³/mol. The number of rotatable bonds is 7. The number of fused-ring (bicyclic) bond motifs is 1. The first kappa shape index (κ1) is 30.8. The summed E-state index contributed by atoms with van der Waals surface area (Å²) in [7, 11) is 1.82. The smallest absolute Gasteiger partial charge is 0.274 e. The highest BCUT2D eigenvalue weighted by molar-refractivity contribution is 5.97. The molecule has 3 N–H and O–H groups in total. The van der Waals surface area contributed by atoms with Gasteiger partial charge >= 0.3 is 0 Å². The van der Waals surface area contributed by atoms with Crippen LogP contribution in [0, 0.1) is 11.8 Å². The average molecular weight is 624 g/mol. The van der Waals surface area contributed by atoms with Crippen LogP contribution in [0.5, 0.6) is 5.75 Å². The molecule has 3 aromatic heterocycles. The third-order valence-electron chi connectivity index (χ3n) is 7.46. The molecule has 0 saturated heterocycles. The van der Waals surface area contributed by atoms with Crippen LogP contribution in [0.4, 0.5) is 5.82 Å². The van der Waals surface area contributed by atoms with Gasteiger partial charge in [-0.15, -0.1) is 0 Å². The molecule has 0 saturated carbocycles. The number of ether oxygens (including phenoxy) is 1. The number of nitrogens with two attached hydrogens (primary N) is 1. The number of hydrogen-bond donors (Lipinski definition) is 2. The van der Waals surface area contributed by atoms with Crippen LogP contribution in [-0.4, -0.2) is 36.3 Å². The summed E-state index contributed by atoms with van der Waals surface area (Å²) >= 11 is 0. The van der Waals surface area contributed by atoms with Crippen LogP contribution in [-0.2, 0) is 7.05 Å². The minimum absolute atomic E-state index is 0.00621. The van der Waals surface area contributed by atoms with Crippen molar-refractivity contribution >= 4 is 22.5 Å². The largest absolute Gasteiger partial charge is 0.491 e. The number of aryl methyl sites for hydroxylation is 1. The van der Waals surface area contributed by atoms with Gasteiger partial charge in [-0.3, -0.25) is 18.8 Å². The summed E-state index contributed by atoms with van der Waals surface area (Å²) in [6.07, 6.45) is 3.38. The van der Waals surface area contributed by atoms with E-state index in [1.54, 1.807) is 9.25 Å². The highest BCUT2D eigenvalue weighted by Gasteiger charge is 2.22. The Bertz CT molecular complexity index is 2210. The predicted octanol–water partition coefficient (Wildman–Crippen LogP) is 5.44. The van der Waals surface area contributed by atoms with Gasteiger partial charge < -0.3 is 15.8 Å². The van der Waals surface area contributed by atoms with Gasteiger partial charge in [0.2, 0.25) is 0 Å². The third kappa shape index (κ3) is 6.60. The topological polar surface area (TPSA) is 130 Å². The van der Waals surface area contributed by atoms with Crippen molar-refractivity contribution in [1.29, 1.82) is 0 Å². The monoisotopic (exact) mass is 623 g/mol. The molecule has 10 nitrogen and oxygen atoms in total. The van der Waals surface area contributed by atoms with E-state index < -0.39 is 11.9 Å². The minimum atomic E-state index is -0.625. The summed E-state index contributed by atoms with van der Waals surface area (Å²) < 4.78 is 9.01. The summed E-state index contributed by atoms with van der Waals surface area (Å²) in [5.41, 5.74) is 9.50. The molecule has 0 bridgehead atoms. The lowest BCUT2D eigenvalue weighted by molar-refractivity contribution is 0.0934. The SMILES string of the molecule is CC(C)Oc1ccc(-c2cnc(N)c(C(=O)NC(C)c3cc4cccc(C#Cc5ccn(C)n5)c4c(=O)n3-c3ccccc3)n2)cc1. The van der Waals surface area contributed by atoms with Crippen LogP contribution >= 0.6 is 0 Å². The fourth-order valence-corrected chi connectivity index (χ4v) is 5.28. The molecule has 0 aliphatic heterocycles. The van der Waals surface area contributed by atoms with E-state index in [-0.39, 0.29) is 23.2 Å². The second-order valence-electron chi connectivity index (χ2n) is 11.3. The summed E-state index contributed by atoms with van der Waals surface area (Å²) in [5.74, 6) is 6.39. The first-order valence-corrected chi connectivity index (χ1v) is 15.1. The number of carbonyl (C=O) groups is 1. The Morgan fingerprint density at radius 1 is 0.957 bits per heavy atom. The van der Waals surface area contributed by atoms with Gasteiger partial charge in [-0.05, 0) is 86.7 Å². The molecule has 0 spiro atoms. The van der Waals surface area contributed by atoms with Gasteiger partial charge in [-0.2, -0.15) is 5.10 Å². The van der Waals surface area contributed by atoms with E-state index in [0.29, 0.717) is 39.1 Å². The lowest BCUT2D eigenvalue weighted by Gasteiger charge is -2.21. The van der Waals surface area contributed by atoms with E-state index in [9.17, 15) is 9.59 Å². The Kier molecular flexibility index (Phi) is 8.54. The van der Waals surface area contributed by atoms with Crippen molar-refractivity contribution in [3.05, 3.63) is 130 Å². The van der Waals surface area contributed by atoms with E-state index in [0.717, 1.165) is 11.3 Å². The zero-order chi connectivity index (χ0) is 33.1. The summed E-state index contributed by atoms with van der Waals surface area (Å²) in [6.45, 7) is 5.72. The molecule has 6 aromatic rings. The minimum Gasteiger partial charge on any atom is -0.491 e. The van der Waals surface area contributed by atoms with E-state index >= 15 is 0 Å². The van der Waals surface area contributed by atoms with Crippen molar-refractivity contribution in [3.8, 4) is 34.5 Å². The first-order valence-electron chi connectivity index (χ1n) is 15.1. The molecule has 1 unspecified atom stereocenters. The number of benzene rings is 3. The first-order chi connectivity index (χ1) is 22.7. The molecule has 0 aliphatic carbocycles. The van der Waals surface area contributed by atoms with Crippen LogP contribution in [0.1, 0.15) is 54.3 Å². The zero-order valence-corrected chi connectivity index (χ0v) is 26.4. The van der Waals surface area contributed by atoms with Crippen LogP contribution in [0.15, 0.2) is 102 Å². The number of amides is 1. The maximum Gasteiger partial charge on any atom is 0.274 e. The Morgan fingerprint density at radius 3 is 2.43 bits per heavy atom. The highest BCUT2D eigenvalue weighted by Crippen LogP contribution is 2.25. The molecular formula is C37H33N7O3. The molecule has 0 fully saturated rings. The molecule has 1 amide bonds. The molecule has 0 radical (unpaired) electrons. The average Bonchev–Trinajstić information content (AvgIpc) is 3.49. The highest BCUT2D eigenvalue weighted by atomic mass is 16.5. The quantitative estimate of drug-likeness (QED) is 0.227. The van der Waals surface area contributed by atoms with Crippen molar-refractivity contribution in [2.75, 3.05) is 5.73 Å². The normalized spacial score (nSPS) is 11.6. The van der Waals surface area contributed by atoms with Gasteiger partial charge in [-0.1, -0.05) is 36.3 Å². The molecule has 3 heterocycles. The van der Waals surface area contributed by atoms with E-state index in [1.807, 2.05) is 119 Å². The Labute approximate surface area is 271 Å². The molecule has 10 heteroatoms. The van der Waals surface area contributed by atoms with Crippen molar-refractivity contribution in [2.45, 2.75) is 32.9 Å². The second-order valence-corrected chi connectivity index (χ2v) is 11.3. The fraction of sp³-hybridized carbons (Fsp3) is 0.162. The Morgan fingerprint density at radius 2 is 1.72 bits per heavy atom. The number of para-hydroxylation sites is 1. The summed E-state index contributed by atoms with van der Waals surface area (Å²) in [6, 6.07) is 25.3. The number of nitrogens with zero attached hydrogens (tertiary/aromatic N) is 5. The van der Waals surface area contributed by atoms with Crippen LogP contribution in [0.3, 0.4) is 0 Å². The molecule has 0 aliphatic rings. The van der Waals surface area contributed by atoms with Crippen LogP contribution < -0.4 is 21.3 Å². The zero-order valence-electron chi connectivity index (χ0n) is 26.4. The number of carbonyl (C=O) groups excluding carboxylic acids is 1. The van der Waals surface area contributed by atoms with E-state index in [1.165, 1.54) is 6.20 Å². The number of aromatic nitrogens is 5. The van der Waals surface area contributed by atoms with E-state index in [4.69, 9.17) is 10.5 Å². The number of pyridine rings is 1. The second kappa shape index (κ2) is 13.0. The maximum absolute atomic E-state index is 14.3. The lowest BCUT2D eigenvalue weighted by atomic mass is 10.0. The van der Waals surface area contributed by atoms with Crippen molar-refractivity contribution in [1.82, 2.24) is 29.6 Å². The molecule has 47 heavy (non-hydrogen) atoms. The standard InChI is InChI=1S/C37H33N7O3/c1-23(2)47-30-17-14-25(15-18-30)31-22-39-35(38)34(41-31)36(45)40-24(3)32-21-27-10-8-9-26(13-16-28-19-20-43(4)42-28)33(27)37(46)44(32)29-11-6-5-7-12-29/h5-12,14-15,17-24H,1-4H3,(H2,38,39)(H,40,45). The van der Waals surface area contributed by atoms with Gasteiger partial charge in [0.1, 0.15) is 11.4 Å². The van der Waals surface area contributed by atoms with Crippen molar-refractivity contribution in [2.24, 2.45) is 7.05 Å². The number of anilines is 1. The van der Waals surface area contributed by atoms with Crippen LogP contribution in [0.25, 0.3) is 27.7 Å². The van der Waals surface area contributed by atoms with Crippen LogP contribution in [0.2, 0.25) is 0 Å². The molecule has 234 valence electrons. The maximum atomic E-state index is 14.3. The molecule has 3 aromatic carbocycles. The summed E-state index contributed by atoms with van der Waals surface area (Å²) in [4.78, 5) is 36.8. The molecule has 1 atom stereocenters.